The summed E-state index contributed by atoms with van der Waals surface area (Å²) in [6, 6.07) is 0. The van der Waals surface area contributed by atoms with E-state index < -0.39 is 0 Å². The molecular formula is C7H11N3. The molecule has 1 aromatic heterocycles. The van der Waals surface area contributed by atoms with Crippen LogP contribution in [0.25, 0.3) is 6.08 Å². The molecule has 1 aromatic rings. The van der Waals surface area contributed by atoms with Crippen LogP contribution in [-0.4, -0.2) is 16.7 Å². The van der Waals surface area contributed by atoms with Crippen LogP contribution < -0.4 is 5.43 Å². The smallest absolute Gasteiger partial charge is 0.150 e. The van der Waals surface area contributed by atoms with Crippen LogP contribution >= 0.6 is 0 Å². The molecule has 0 aromatic carbocycles. The Kier molecular flexibility index (Phi) is 1.76. The van der Waals surface area contributed by atoms with Gasteiger partial charge in [0.15, 0.2) is 5.82 Å². The van der Waals surface area contributed by atoms with Gasteiger partial charge in [0.1, 0.15) is 0 Å². The van der Waals surface area contributed by atoms with Crippen LogP contribution in [-0.2, 0) is 0 Å². The van der Waals surface area contributed by atoms with E-state index in [-0.39, 0.29) is 0 Å². The predicted molar refractivity (Wildman–Crippen MR) is 42.3 cm³/mol. The molecule has 1 heterocycles. The van der Waals surface area contributed by atoms with E-state index in [9.17, 15) is 0 Å². The van der Waals surface area contributed by atoms with Crippen molar-refractivity contribution in [1.29, 1.82) is 0 Å². The van der Waals surface area contributed by atoms with Crippen LogP contribution in [0, 0.1) is 6.92 Å². The van der Waals surface area contributed by atoms with Crippen molar-refractivity contribution < 1.29 is 0 Å². The first-order valence-electron chi connectivity index (χ1n) is 3.14. The lowest BCUT2D eigenvalue weighted by Gasteiger charge is -2.00. The third-order valence-corrected chi connectivity index (χ3v) is 1.28. The molecule has 0 aliphatic heterocycles. The van der Waals surface area contributed by atoms with Crippen molar-refractivity contribution in [2.24, 2.45) is 0 Å². The van der Waals surface area contributed by atoms with Crippen LogP contribution in [0.2, 0.25) is 0 Å². The Balaban J connectivity index is 3.08. The Labute approximate surface area is 60.4 Å². The normalized spacial score (nSPS) is 9.40. The summed E-state index contributed by atoms with van der Waals surface area (Å²) in [6.07, 6.45) is 3.63. The van der Waals surface area contributed by atoms with E-state index in [2.05, 4.69) is 17.0 Å². The molecule has 0 bridgehead atoms. The van der Waals surface area contributed by atoms with Crippen molar-refractivity contribution in [3.8, 4) is 0 Å². The number of rotatable bonds is 2. The van der Waals surface area contributed by atoms with Gasteiger partial charge in [0, 0.05) is 13.2 Å². The first-order valence-corrected chi connectivity index (χ1v) is 3.14. The molecule has 0 fully saturated rings. The highest BCUT2D eigenvalue weighted by Gasteiger charge is 1.97. The van der Waals surface area contributed by atoms with Gasteiger partial charge in [-0.05, 0) is 13.0 Å². The first kappa shape index (κ1) is 6.86. The molecule has 0 spiro atoms. The van der Waals surface area contributed by atoms with Gasteiger partial charge in [-0.2, -0.15) is 0 Å². The minimum atomic E-state index is 0.847. The average Bonchev–Trinajstić information content (AvgIpc) is 2.30. The number of hydrogen-bond acceptors (Lipinski definition) is 2. The summed E-state index contributed by atoms with van der Waals surface area (Å²) in [5.41, 5.74) is 3.94. The number of imidazole rings is 1. The molecule has 1 N–H and O–H groups in total. The van der Waals surface area contributed by atoms with Crippen LogP contribution in [0.1, 0.15) is 11.5 Å². The maximum atomic E-state index is 4.18. The molecule has 1 rings (SSSR count). The summed E-state index contributed by atoms with van der Waals surface area (Å²) >= 11 is 0. The third-order valence-electron chi connectivity index (χ3n) is 1.28. The minimum Gasteiger partial charge on any atom is -0.328 e. The zero-order valence-electron chi connectivity index (χ0n) is 6.26. The lowest BCUT2D eigenvalue weighted by molar-refractivity contribution is 0.908. The Hall–Kier alpha value is -1.25. The number of nitrogens with zero attached hydrogens (tertiary/aromatic N) is 2. The van der Waals surface area contributed by atoms with Crippen molar-refractivity contribution in [2.75, 3.05) is 12.5 Å². The number of nitrogens with one attached hydrogen (secondary N) is 1. The summed E-state index contributed by atoms with van der Waals surface area (Å²) in [7, 11) is 1.84. The summed E-state index contributed by atoms with van der Waals surface area (Å²) < 4.78 is 1.82. The predicted octanol–water partition coefficient (Wildman–Crippen LogP) is 1.01. The molecule has 0 radical (unpaired) electrons. The average molecular weight is 137 g/mol. The molecule has 3 heteroatoms. The number of aryl methyl sites for hydroxylation is 1. The van der Waals surface area contributed by atoms with Crippen LogP contribution in [0.5, 0.6) is 0 Å². The zero-order valence-corrected chi connectivity index (χ0v) is 6.26. The Bertz CT molecular complexity index is 237. The second-order valence-corrected chi connectivity index (χ2v) is 2.04. The standard InChI is InChI=1S/C7H11N3/c1-4-7-9-6(2)5-10(7)8-3/h4-5,8H,1H2,2-3H3. The van der Waals surface area contributed by atoms with Gasteiger partial charge >= 0.3 is 0 Å². The van der Waals surface area contributed by atoms with Gasteiger partial charge < -0.3 is 5.43 Å². The molecule has 3 nitrogen and oxygen atoms in total. The van der Waals surface area contributed by atoms with Crippen molar-refractivity contribution in [2.45, 2.75) is 6.92 Å². The molecule has 0 amide bonds. The molecule has 0 saturated carbocycles. The quantitative estimate of drug-likeness (QED) is 0.659. The van der Waals surface area contributed by atoms with Gasteiger partial charge in [0.2, 0.25) is 0 Å². The summed E-state index contributed by atoms with van der Waals surface area (Å²) in [5, 5.41) is 0. The fraction of sp³-hybridized carbons (Fsp3) is 0.286. The Morgan fingerprint density at radius 2 is 2.50 bits per heavy atom. The zero-order chi connectivity index (χ0) is 7.56. The highest BCUT2D eigenvalue weighted by molar-refractivity contribution is 5.38. The summed E-state index contributed by atoms with van der Waals surface area (Å²) in [6.45, 7) is 5.57. The lowest BCUT2D eigenvalue weighted by Crippen LogP contribution is -2.08. The monoisotopic (exact) mass is 137 g/mol. The van der Waals surface area contributed by atoms with Gasteiger partial charge in [-0.15, -0.1) is 0 Å². The highest BCUT2D eigenvalue weighted by atomic mass is 15.4. The van der Waals surface area contributed by atoms with Gasteiger partial charge in [0.05, 0.1) is 5.69 Å². The summed E-state index contributed by atoms with van der Waals surface area (Å²) in [5.74, 6) is 0.847. The van der Waals surface area contributed by atoms with Gasteiger partial charge in [-0.1, -0.05) is 6.58 Å². The van der Waals surface area contributed by atoms with Crippen LogP contribution in [0.4, 0.5) is 0 Å². The maximum absolute atomic E-state index is 4.18. The Morgan fingerprint density at radius 3 is 2.90 bits per heavy atom. The van der Waals surface area contributed by atoms with E-state index >= 15 is 0 Å². The molecule has 54 valence electrons. The maximum Gasteiger partial charge on any atom is 0.150 e. The number of aromatic nitrogens is 2. The van der Waals surface area contributed by atoms with E-state index in [0.717, 1.165) is 11.5 Å². The van der Waals surface area contributed by atoms with Crippen molar-refractivity contribution in [3.05, 3.63) is 24.3 Å². The first-order chi connectivity index (χ1) is 4.77. The number of hydrogen-bond donors (Lipinski definition) is 1. The second-order valence-electron chi connectivity index (χ2n) is 2.04. The molecule has 0 aliphatic rings. The van der Waals surface area contributed by atoms with E-state index in [1.54, 1.807) is 6.08 Å². The molecule has 0 saturated heterocycles. The van der Waals surface area contributed by atoms with Gasteiger partial charge in [0.25, 0.3) is 0 Å². The minimum absolute atomic E-state index is 0.847. The summed E-state index contributed by atoms with van der Waals surface area (Å²) in [4.78, 5) is 4.18. The largest absolute Gasteiger partial charge is 0.328 e. The van der Waals surface area contributed by atoms with Crippen LogP contribution in [0.15, 0.2) is 12.8 Å². The van der Waals surface area contributed by atoms with Crippen molar-refractivity contribution >= 4 is 6.08 Å². The van der Waals surface area contributed by atoms with Gasteiger partial charge in [-0.25, -0.2) is 9.66 Å². The Morgan fingerprint density at radius 1 is 1.80 bits per heavy atom. The van der Waals surface area contributed by atoms with Gasteiger partial charge in [-0.3, -0.25) is 0 Å². The molecule has 0 aliphatic carbocycles. The van der Waals surface area contributed by atoms with Crippen molar-refractivity contribution in [1.82, 2.24) is 9.66 Å². The van der Waals surface area contributed by atoms with Crippen LogP contribution in [0.3, 0.4) is 0 Å². The topological polar surface area (TPSA) is 29.9 Å². The highest BCUT2D eigenvalue weighted by Crippen LogP contribution is 1.99. The van der Waals surface area contributed by atoms with E-state index in [1.165, 1.54) is 0 Å². The van der Waals surface area contributed by atoms with E-state index in [4.69, 9.17) is 0 Å². The lowest BCUT2D eigenvalue weighted by atomic mass is 10.6. The fourth-order valence-electron chi connectivity index (χ4n) is 0.839. The molecule has 0 unspecified atom stereocenters. The second kappa shape index (κ2) is 2.56. The molecule has 10 heavy (non-hydrogen) atoms. The SMILES string of the molecule is C=Cc1nc(C)cn1NC. The molecule has 0 atom stereocenters. The third kappa shape index (κ3) is 1.03. The van der Waals surface area contributed by atoms with Crippen molar-refractivity contribution in [3.63, 3.8) is 0 Å². The molecular weight excluding hydrogens is 126 g/mol. The van der Waals surface area contributed by atoms with E-state index in [0.29, 0.717) is 0 Å². The van der Waals surface area contributed by atoms with E-state index in [1.807, 2.05) is 24.8 Å². The fourth-order valence-corrected chi connectivity index (χ4v) is 0.839.